The third-order valence-electron chi connectivity index (χ3n) is 3.34. The zero-order chi connectivity index (χ0) is 7.90. The van der Waals surface area contributed by atoms with Crippen molar-refractivity contribution >= 4 is 0 Å². The van der Waals surface area contributed by atoms with Crippen molar-refractivity contribution in [2.24, 2.45) is 5.92 Å². The van der Waals surface area contributed by atoms with Crippen LogP contribution in [0.3, 0.4) is 0 Å². The van der Waals surface area contributed by atoms with Gasteiger partial charge in [0.25, 0.3) is 0 Å². The lowest BCUT2D eigenvalue weighted by Crippen LogP contribution is -2.45. The third kappa shape index (κ3) is 1.18. The average Bonchev–Trinajstić information content (AvgIpc) is 2.30. The molecule has 2 heteroatoms. The van der Waals surface area contributed by atoms with Crippen LogP contribution in [0, 0.1) is 5.92 Å². The molecule has 0 radical (unpaired) electrons. The zero-order valence-electron chi connectivity index (χ0n) is 6.79. The zero-order valence-corrected chi connectivity index (χ0v) is 6.79. The van der Waals surface area contributed by atoms with Gasteiger partial charge in [-0.2, -0.15) is 0 Å². The normalized spacial score (nSPS) is 42.0. The lowest BCUT2D eigenvalue weighted by molar-refractivity contribution is -0.0933. The maximum Gasteiger partial charge on any atom is 0.0677 e. The minimum atomic E-state index is -0.390. The Kier molecular flexibility index (Phi) is 1.69. The molecule has 0 bridgehead atoms. The van der Waals surface area contributed by atoms with Gasteiger partial charge in [0.15, 0.2) is 0 Å². The second-order valence-corrected chi connectivity index (χ2v) is 4.13. The fraction of sp³-hybridized carbons (Fsp3) is 1.00. The van der Waals surface area contributed by atoms with Crippen molar-refractivity contribution in [2.45, 2.75) is 50.2 Å². The molecule has 2 fully saturated rings. The quantitative estimate of drug-likeness (QED) is 0.596. The van der Waals surface area contributed by atoms with Gasteiger partial charge in [0.05, 0.1) is 11.7 Å². The number of aliphatic hydroxyl groups is 2. The van der Waals surface area contributed by atoms with Crippen LogP contribution in [0.2, 0.25) is 0 Å². The first-order valence-electron chi connectivity index (χ1n) is 4.61. The molecule has 2 N–H and O–H groups in total. The molecule has 0 saturated heterocycles. The fourth-order valence-electron chi connectivity index (χ4n) is 2.42. The van der Waals surface area contributed by atoms with Crippen LogP contribution in [0.1, 0.15) is 38.5 Å². The molecule has 0 atom stereocenters. The highest BCUT2D eigenvalue weighted by Gasteiger charge is 2.45. The van der Waals surface area contributed by atoms with E-state index in [9.17, 15) is 5.11 Å². The minimum absolute atomic E-state index is 0.121. The van der Waals surface area contributed by atoms with Crippen molar-refractivity contribution in [3.63, 3.8) is 0 Å². The highest BCUT2D eigenvalue weighted by atomic mass is 16.3. The Morgan fingerprint density at radius 1 is 1.09 bits per heavy atom. The molecule has 0 aromatic heterocycles. The lowest BCUT2D eigenvalue weighted by atomic mass is 9.70. The van der Waals surface area contributed by atoms with Crippen LogP contribution in [-0.4, -0.2) is 21.9 Å². The summed E-state index contributed by atoms with van der Waals surface area (Å²) >= 11 is 0. The lowest BCUT2D eigenvalue weighted by Gasteiger charge is -2.42. The van der Waals surface area contributed by atoms with Gasteiger partial charge in [-0.3, -0.25) is 0 Å². The molecule has 64 valence electrons. The largest absolute Gasteiger partial charge is 0.393 e. The second kappa shape index (κ2) is 2.46. The van der Waals surface area contributed by atoms with Crippen LogP contribution in [-0.2, 0) is 0 Å². The van der Waals surface area contributed by atoms with E-state index >= 15 is 0 Å². The van der Waals surface area contributed by atoms with E-state index < -0.39 is 0 Å². The standard InChI is InChI=1S/C9H16O2/c10-8-5-7(6-8)9(11)3-1-2-4-9/h7-8,10-11H,1-6H2. The van der Waals surface area contributed by atoms with Crippen LogP contribution < -0.4 is 0 Å². The number of rotatable bonds is 1. The summed E-state index contributed by atoms with van der Waals surface area (Å²) in [5, 5.41) is 19.1. The van der Waals surface area contributed by atoms with Gasteiger partial charge in [0.2, 0.25) is 0 Å². The summed E-state index contributed by atoms with van der Waals surface area (Å²) in [7, 11) is 0. The summed E-state index contributed by atoms with van der Waals surface area (Å²) in [6.45, 7) is 0. The van der Waals surface area contributed by atoms with Crippen molar-refractivity contribution in [3.05, 3.63) is 0 Å². The van der Waals surface area contributed by atoms with Crippen molar-refractivity contribution in [3.8, 4) is 0 Å². The third-order valence-corrected chi connectivity index (χ3v) is 3.34. The number of hydrogen-bond donors (Lipinski definition) is 2. The van der Waals surface area contributed by atoms with Crippen molar-refractivity contribution in [1.29, 1.82) is 0 Å². The van der Waals surface area contributed by atoms with Crippen LogP contribution in [0.4, 0.5) is 0 Å². The molecule has 0 aromatic carbocycles. The van der Waals surface area contributed by atoms with Gasteiger partial charge >= 0.3 is 0 Å². The van der Waals surface area contributed by atoms with E-state index in [0.29, 0.717) is 5.92 Å². The number of hydrogen-bond acceptors (Lipinski definition) is 2. The van der Waals surface area contributed by atoms with Gasteiger partial charge in [-0.1, -0.05) is 12.8 Å². The van der Waals surface area contributed by atoms with E-state index in [1.165, 1.54) is 12.8 Å². The molecule has 2 rings (SSSR count). The number of aliphatic hydroxyl groups excluding tert-OH is 1. The Morgan fingerprint density at radius 2 is 1.64 bits per heavy atom. The van der Waals surface area contributed by atoms with Crippen LogP contribution in [0.15, 0.2) is 0 Å². The van der Waals surface area contributed by atoms with Crippen LogP contribution in [0.25, 0.3) is 0 Å². The van der Waals surface area contributed by atoms with Crippen LogP contribution >= 0.6 is 0 Å². The Hall–Kier alpha value is -0.0800. The van der Waals surface area contributed by atoms with Gasteiger partial charge in [-0.25, -0.2) is 0 Å². The summed E-state index contributed by atoms with van der Waals surface area (Å²) in [4.78, 5) is 0. The first kappa shape index (κ1) is 7.56. The molecule has 2 nitrogen and oxygen atoms in total. The van der Waals surface area contributed by atoms with E-state index in [1.807, 2.05) is 0 Å². The molecule has 2 saturated carbocycles. The second-order valence-electron chi connectivity index (χ2n) is 4.13. The molecule has 11 heavy (non-hydrogen) atoms. The smallest absolute Gasteiger partial charge is 0.0677 e. The van der Waals surface area contributed by atoms with Crippen molar-refractivity contribution < 1.29 is 10.2 Å². The van der Waals surface area contributed by atoms with E-state index in [1.54, 1.807) is 0 Å². The summed E-state index contributed by atoms with van der Waals surface area (Å²) in [6.07, 6.45) is 5.80. The van der Waals surface area contributed by atoms with Gasteiger partial charge < -0.3 is 10.2 Å². The summed E-state index contributed by atoms with van der Waals surface area (Å²) in [5.74, 6) is 0.403. The predicted molar refractivity (Wildman–Crippen MR) is 42.1 cm³/mol. The molecular formula is C9H16O2. The first-order valence-corrected chi connectivity index (χ1v) is 4.61. The topological polar surface area (TPSA) is 40.5 Å². The van der Waals surface area contributed by atoms with E-state index in [0.717, 1.165) is 25.7 Å². The SMILES string of the molecule is OC1CC(C2(O)CCCC2)C1. The van der Waals surface area contributed by atoms with Gasteiger partial charge in [0.1, 0.15) is 0 Å². The van der Waals surface area contributed by atoms with Crippen LogP contribution in [0.5, 0.6) is 0 Å². The molecule has 0 aromatic rings. The highest BCUT2D eigenvalue weighted by Crippen LogP contribution is 2.45. The molecule has 0 amide bonds. The molecule has 0 aliphatic heterocycles. The van der Waals surface area contributed by atoms with Gasteiger partial charge in [-0.15, -0.1) is 0 Å². The first-order chi connectivity index (χ1) is 5.21. The highest BCUT2D eigenvalue weighted by molar-refractivity contribution is 4.97. The van der Waals surface area contributed by atoms with Crippen molar-refractivity contribution in [2.75, 3.05) is 0 Å². The summed E-state index contributed by atoms with van der Waals surface area (Å²) in [6, 6.07) is 0. The van der Waals surface area contributed by atoms with Crippen molar-refractivity contribution in [1.82, 2.24) is 0 Å². The minimum Gasteiger partial charge on any atom is -0.393 e. The Labute approximate surface area is 67.2 Å². The van der Waals surface area contributed by atoms with E-state index in [-0.39, 0.29) is 11.7 Å². The molecule has 2 aliphatic rings. The predicted octanol–water partition coefficient (Wildman–Crippen LogP) is 1.06. The van der Waals surface area contributed by atoms with Gasteiger partial charge in [-0.05, 0) is 31.6 Å². The van der Waals surface area contributed by atoms with Gasteiger partial charge in [0, 0.05) is 0 Å². The monoisotopic (exact) mass is 156 g/mol. The molecule has 0 heterocycles. The average molecular weight is 156 g/mol. The Morgan fingerprint density at radius 3 is 2.09 bits per heavy atom. The van der Waals surface area contributed by atoms with E-state index in [4.69, 9.17) is 5.11 Å². The molecule has 0 spiro atoms. The van der Waals surface area contributed by atoms with E-state index in [2.05, 4.69) is 0 Å². The molecule has 2 aliphatic carbocycles. The summed E-state index contributed by atoms with van der Waals surface area (Å²) < 4.78 is 0. The maximum atomic E-state index is 10.0. The summed E-state index contributed by atoms with van der Waals surface area (Å²) in [5.41, 5.74) is -0.390. The Bertz CT molecular complexity index is 144. The fourth-order valence-corrected chi connectivity index (χ4v) is 2.42. The Balaban J connectivity index is 1.93. The molecule has 0 unspecified atom stereocenters. The maximum absolute atomic E-state index is 10.0. The molecular weight excluding hydrogens is 140 g/mol.